The molecule has 1 aromatic heterocycles. The fourth-order valence-electron chi connectivity index (χ4n) is 7.50. The van der Waals surface area contributed by atoms with Gasteiger partial charge in [0.15, 0.2) is 0 Å². The van der Waals surface area contributed by atoms with E-state index < -0.39 is 0 Å². The fraction of sp³-hybridized carbons (Fsp3) is 0.579. The standard InChI is InChI=1S/C38H57N7/c1-7-13-35(28(3)34-18-11-8-14-27(34)2)36(39)26-42-31(19-20-32-17-12-22-44(32)6)24-37(41-5)43-25-30-21-23-45(29(4)38(30)40)33-15-9-10-16-33/h21,23-25,32-34,39-40,43H,2,4-5,7-20,22,26H2,1,3,6H3/b30-25-,35-28+,37-24+,39-36?,40-38?,42-31-/t32?,34-/m0/s1. The first-order chi connectivity index (χ1) is 21.7. The minimum Gasteiger partial charge on any atom is -0.346 e. The Balaban J connectivity index is 1.57. The molecule has 2 aliphatic carbocycles. The van der Waals surface area contributed by atoms with Gasteiger partial charge in [-0.1, -0.05) is 56.9 Å². The fourth-order valence-corrected chi connectivity index (χ4v) is 7.50. The average molecular weight is 612 g/mol. The second-order valence-corrected chi connectivity index (χ2v) is 13.4. The van der Waals surface area contributed by atoms with Gasteiger partial charge in [0.1, 0.15) is 5.82 Å². The van der Waals surface area contributed by atoms with Crippen LogP contribution in [0.5, 0.6) is 0 Å². The van der Waals surface area contributed by atoms with Gasteiger partial charge in [-0.05, 0) is 103 Å². The number of nitrogens with zero attached hydrogens (tertiary/aromatic N) is 4. The molecule has 45 heavy (non-hydrogen) atoms. The third-order valence-electron chi connectivity index (χ3n) is 10.3. The molecule has 0 amide bonds. The van der Waals surface area contributed by atoms with Crippen molar-refractivity contribution in [2.75, 3.05) is 20.1 Å². The van der Waals surface area contributed by atoms with Gasteiger partial charge in [0.2, 0.25) is 0 Å². The minimum atomic E-state index is 0.355. The first kappa shape index (κ1) is 34.6. The molecule has 1 aromatic rings. The van der Waals surface area contributed by atoms with Gasteiger partial charge in [0, 0.05) is 47.4 Å². The van der Waals surface area contributed by atoms with E-state index in [1.165, 1.54) is 49.7 Å². The highest BCUT2D eigenvalue weighted by molar-refractivity contribution is 6.03. The summed E-state index contributed by atoms with van der Waals surface area (Å²) in [7, 11) is 2.21. The number of likely N-dealkylation sites (tertiary alicyclic amines) is 1. The highest BCUT2D eigenvalue weighted by Gasteiger charge is 2.23. The van der Waals surface area contributed by atoms with Crippen molar-refractivity contribution in [3.05, 3.63) is 63.4 Å². The van der Waals surface area contributed by atoms with E-state index in [9.17, 15) is 0 Å². The zero-order chi connectivity index (χ0) is 32.3. The molecule has 0 spiro atoms. The van der Waals surface area contributed by atoms with Crippen LogP contribution in [0.25, 0.3) is 12.8 Å². The van der Waals surface area contributed by atoms with Crippen LogP contribution in [0.1, 0.15) is 110 Å². The number of rotatable bonds is 14. The van der Waals surface area contributed by atoms with Gasteiger partial charge in [-0.3, -0.25) is 10.4 Å². The molecule has 0 aromatic carbocycles. The van der Waals surface area contributed by atoms with Crippen LogP contribution in [-0.2, 0) is 0 Å². The minimum absolute atomic E-state index is 0.355. The molecule has 0 bridgehead atoms. The molecular formula is C38H57N7. The zero-order valence-electron chi connectivity index (χ0n) is 28.3. The summed E-state index contributed by atoms with van der Waals surface area (Å²) in [5, 5.41) is 23.1. The third-order valence-corrected chi connectivity index (χ3v) is 10.3. The lowest BCUT2D eigenvalue weighted by Crippen LogP contribution is -2.45. The van der Waals surface area contributed by atoms with Crippen LogP contribution in [0.4, 0.5) is 0 Å². The average Bonchev–Trinajstić information content (AvgIpc) is 3.72. The van der Waals surface area contributed by atoms with Crippen LogP contribution in [0.15, 0.2) is 57.4 Å². The van der Waals surface area contributed by atoms with E-state index in [-0.39, 0.29) is 0 Å². The Bertz CT molecular complexity index is 1480. The SMILES string of the molecule is C=N/C(=C\C(CCC1CCCN1C)=N/CC(=N)/C(CCC)=C(\C)[C@H]1CCCCC1=C)N/C=c1/ccn(C2CCCC2)c(=C)c1=N. The Labute approximate surface area is 271 Å². The number of aliphatic imine (C=N–C) groups is 2. The maximum absolute atomic E-state index is 9.12. The maximum Gasteiger partial charge on any atom is 0.130 e. The predicted molar refractivity (Wildman–Crippen MR) is 191 cm³/mol. The third kappa shape index (κ3) is 9.12. The molecule has 1 aliphatic heterocycles. The maximum atomic E-state index is 9.12. The summed E-state index contributed by atoms with van der Waals surface area (Å²) < 4.78 is 2.17. The summed E-state index contributed by atoms with van der Waals surface area (Å²) in [5.74, 6) is 0.987. The van der Waals surface area contributed by atoms with Crippen molar-refractivity contribution < 1.29 is 0 Å². The first-order valence-electron chi connectivity index (χ1n) is 17.3. The first-order valence-corrected chi connectivity index (χ1v) is 17.3. The summed E-state index contributed by atoms with van der Waals surface area (Å²) >= 11 is 0. The molecule has 2 saturated carbocycles. The summed E-state index contributed by atoms with van der Waals surface area (Å²) in [6, 6.07) is 2.98. The van der Waals surface area contributed by atoms with Crippen LogP contribution in [0.3, 0.4) is 0 Å². The van der Waals surface area contributed by atoms with Crippen LogP contribution in [0, 0.1) is 16.7 Å². The van der Waals surface area contributed by atoms with Gasteiger partial charge in [0.05, 0.1) is 23.0 Å². The lowest BCUT2D eigenvalue weighted by Gasteiger charge is -2.28. The van der Waals surface area contributed by atoms with Gasteiger partial charge in [0.25, 0.3) is 0 Å². The van der Waals surface area contributed by atoms with Crippen LogP contribution >= 0.6 is 0 Å². The van der Waals surface area contributed by atoms with E-state index in [2.05, 4.69) is 66.7 Å². The molecule has 4 rings (SSSR count). The van der Waals surface area contributed by atoms with Crippen molar-refractivity contribution in [2.24, 2.45) is 15.9 Å². The van der Waals surface area contributed by atoms with Gasteiger partial charge in [-0.15, -0.1) is 0 Å². The molecular weight excluding hydrogens is 554 g/mol. The topological polar surface area (TPSA) is 92.6 Å². The lowest BCUT2D eigenvalue weighted by atomic mass is 9.78. The van der Waals surface area contributed by atoms with Crippen molar-refractivity contribution >= 4 is 30.9 Å². The molecule has 2 atom stereocenters. The van der Waals surface area contributed by atoms with E-state index in [4.69, 9.17) is 15.8 Å². The highest BCUT2D eigenvalue weighted by Crippen LogP contribution is 2.35. The molecule has 3 N–H and O–H groups in total. The Morgan fingerprint density at radius 3 is 2.51 bits per heavy atom. The summed E-state index contributed by atoms with van der Waals surface area (Å²) in [4.78, 5) is 11.8. The number of pyridine rings is 1. The Morgan fingerprint density at radius 1 is 1.09 bits per heavy atom. The van der Waals surface area contributed by atoms with E-state index in [1.807, 2.05) is 18.3 Å². The second kappa shape index (κ2) is 16.8. The van der Waals surface area contributed by atoms with Gasteiger partial charge < -0.3 is 20.2 Å². The number of aromatic nitrogens is 1. The van der Waals surface area contributed by atoms with Crippen molar-refractivity contribution in [2.45, 2.75) is 116 Å². The Kier molecular flexibility index (Phi) is 12.9. The van der Waals surface area contributed by atoms with E-state index in [0.29, 0.717) is 41.4 Å². The van der Waals surface area contributed by atoms with E-state index in [1.54, 1.807) is 0 Å². The van der Waals surface area contributed by atoms with Crippen molar-refractivity contribution in [1.82, 2.24) is 14.8 Å². The normalized spacial score (nSPS) is 23.0. The number of allylic oxidation sites excluding steroid dienone is 3. The predicted octanol–water partition coefficient (Wildman–Crippen LogP) is 6.56. The molecule has 1 saturated heterocycles. The molecule has 2 heterocycles. The summed E-state index contributed by atoms with van der Waals surface area (Å²) in [6.07, 6.45) is 21.6. The van der Waals surface area contributed by atoms with E-state index >= 15 is 0 Å². The van der Waals surface area contributed by atoms with Gasteiger partial charge in [-0.25, -0.2) is 4.99 Å². The molecule has 1 unspecified atom stereocenters. The van der Waals surface area contributed by atoms with Crippen LogP contribution in [-0.4, -0.2) is 53.8 Å². The highest BCUT2D eigenvalue weighted by atomic mass is 15.1. The quantitative estimate of drug-likeness (QED) is 0.164. The lowest BCUT2D eigenvalue weighted by molar-refractivity contribution is 0.300. The second-order valence-electron chi connectivity index (χ2n) is 13.4. The number of hydrogen-bond acceptors (Lipinski definition) is 6. The number of hydrogen-bond donors (Lipinski definition) is 3. The summed E-state index contributed by atoms with van der Waals surface area (Å²) in [6.45, 7) is 18.4. The van der Waals surface area contributed by atoms with Crippen molar-refractivity contribution in [3.63, 3.8) is 0 Å². The van der Waals surface area contributed by atoms with E-state index in [0.717, 1.165) is 79.8 Å². The molecule has 3 fully saturated rings. The smallest absolute Gasteiger partial charge is 0.130 e. The monoisotopic (exact) mass is 611 g/mol. The Hall–Kier alpha value is -3.32. The zero-order valence-corrected chi connectivity index (χ0v) is 28.3. The summed E-state index contributed by atoms with van der Waals surface area (Å²) in [5.41, 5.74) is 5.35. The van der Waals surface area contributed by atoms with Crippen molar-refractivity contribution in [3.8, 4) is 0 Å². The number of nitrogens with one attached hydrogen (secondary N) is 3. The van der Waals surface area contributed by atoms with Crippen LogP contribution < -0.4 is 21.2 Å². The van der Waals surface area contributed by atoms with Gasteiger partial charge >= 0.3 is 0 Å². The molecule has 3 aliphatic rings. The Morgan fingerprint density at radius 2 is 1.84 bits per heavy atom. The molecule has 7 heteroatoms. The van der Waals surface area contributed by atoms with Crippen molar-refractivity contribution in [1.29, 1.82) is 10.8 Å². The largest absolute Gasteiger partial charge is 0.346 e. The van der Waals surface area contributed by atoms with Crippen LogP contribution in [0.2, 0.25) is 0 Å². The molecule has 244 valence electrons. The molecule has 7 nitrogen and oxygen atoms in total. The molecule has 0 radical (unpaired) electrons. The van der Waals surface area contributed by atoms with Gasteiger partial charge in [-0.2, -0.15) is 0 Å².